The number of hydrogen-bond acceptors (Lipinski definition) is 2. The summed E-state index contributed by atoms with van der Waals surface area (Å²) in [6.07, 6.45) is 0.922. The zero-order valence-electron chi connectivity index (χ0n) is 11.1. The minimum Gasteiger partial charge on any atom is -0.295 e. The molecule has 0 amide bonds. The molecule has 2 aromatic rings. The number of benzene rings is 2. The number of nitrogens with zero attached hydrogens (tertiary/aromatic N) is 1. The van der Waals surface area contributed by atoms with Gasteiger partial charge >= 0.3 is 0 Å². The van der Waals surface area contributed by atoms with Crippen LogP contribution in [-0.2, 0) is 6.42 Å². The molecule has 0 unspecified atom stereocenters. The van der Waals surface area contributed by atoms with E-state index in [0.29, 0.717) is 0 Å². The van der Waals surface area contributed by atoms with Gasteiger partial charge in [-0.15, -0.1) is 0 Å². The van der Waals surface area contributed by atoms with Crippen LogP contribution in [0, 0.1) is 11.3 Å². The quantitative estimate of drug-likeness (QED) is 0.882. The fourth-order valence-corrected chi connectivity index (χ4v) is 2.16. The highest BCUT2D eigenvalue weighted by atomic mass is 14.9. The minimum atomic E-state index is -0.250. The Morgan fingerprint density at radius 2 is 1.58 bits per heavy atom. The molecule has 0 saturated carbocycles. The Labute approximate surface area is 114 Å². The normalized spacial score (nSPS) is 13.5. The molecule has 0 fully saturated rings. The topological polar surface area (TPSA) is 35.8 Å². The van der Waals surface area contributed by atoms with Crippen molar-refractivity contribution in [2.45, 2.75) is 25.4 Å². The summed E-state index contributed by atoms with van der Waals surface area (Å²) in [5.74, 6) is 0. The minimum absolute atomic E-state index is 0.250. The maximum absolute atomic E-state index is 9.28. The van der Waals surface area contributed by atoms with Crippen LogP contribution in [0.3, 0.4) is 0 Å². The fourth-order valence-electron chi connectivity index (χ4n) is 2.16. The van der Waals surface area contributed by atoms with Gasteiger partial charge in [0.15, 0.2) is 0 Å². The standard InChI is InChI=1S/C17H18N2/c1-14(12-15-8-4-2-5-9-15)19-17(13-18)16-10-6-3-7-11-16/h2-11,14,17,19H,12H2,1H3/t14-,17+/m0/s1. The van der Waals surface area contributed by atoms with Gasteiger partial charge in [-0.05, 0) is 24.5 Å². The third-order valence-corrected chi connectivity index (χ3v) is 3.10. The number of nitrogens with one attached hydrogen (secondary N) is 1. The van der Waals surface area contributed by atoms with E-state index in [4.69, 9.17) is 0 Å². The van der Waals surface area contributed by atoms with E-state index in [2.05, 4.69) is 30.4 Å². The van der Waals surface area contributed by atoms with Crippen LogP contribution in [0.25, 0.3) is 0 Å². The van der Waals surface area contributed by atoms with Gasteiger partial charge in [0.05, 0.1) is 6.07 Å². The molecule has 0 heterocycles. The van der Waals surface area contributed by atoms with Crippen molar-refractivity contribution in [3.05, 3.63) is 71.8 Å². The highest BCUT2D eigenvalue weighted by Crippen LogP contribution is 2.13. The number of rotatable bonds is 5. The van der Waals surface area contributed by atoms with Gasteiger partial charge in [0.1, 0.15) is 6.04 Å². The van der Waals surface area contributed by atoms with E-state index in [1.54, 1.807) is 0 Å². The van der Waals surface area contributed by atoms with E-state index in [9.17, 15) is 5.26 Å². The molecule has 2 aromatic carbocycles. The fraction of sp³-hybridized carbons (Fsp3) is 0.235. The lowest BCUT2D eigenvalue weighted by Gasteiger charge is -2.18. The van der Waals surface area contributed by atoms with Crippen LogP contribution in [0.15, 0.2) is 60.7 Å². The van der Waals surface area contributed by atoms with E-state index in [0.717, 1.165) is 12.0 Å². The lowest BCUT2D eigenvalue weighted by molar-refractivity contribution is 0.510. The third-order valence-electron chi connectivity index (χ3n) is 3.10. The van der Waals surface area contributed by atoms with Crippen molar-refractivity contribution >= 4 is 0 Å². The summed E-state index contributed by atoms with van der Waals surface area (Å²) in [4.78, 5) is 0. The summed E-state index contributed by atoms with van der Waals surface area (Å²) in [5, 5.41) is 12.7. The highest BCUT2D eigenvalue weighted by molar-refractivity contribution is 5.24. The molecule has 0 aliphatic rings. The Balaban J connectivity index is 1.98. The molecular formula is C17H18N2. The summed E-state index contributed by atoms with van der Waals surface area (Å²) in [6.45, 7) is 2.11. The van der Waals surface area contributed by atoms with Crippen LogP contribution in [0.2, 0.25) is 0 Å². The Kier molecular flexibility index (Phi) is 4.72. The molecule has 2 rings (SSSR count). The number of nitriles is 1. The Morgan fingerprint density at radius 3 is 2.16 bits per heavy atom. The van der Waals surface area contributed by atoms with Crippen LogP contribution < -0.4 is 5.32 Å². The van der Waals surface area contributed by atoms with Crippen molar-refractivity contribution in [3.63, 3.8) is 0 Å². The highest BCUT2D eigenvalue weighted by Gasteiger charge is 2.13. The zero-order chi connectivity index (χ0) is 13.5. The van der Waals surface area contributed by atoms with E-state index in [1.807, 2.05) is 48.5 Å². The predicted octanol–water partition coefficient (Wildman–Crippen LogP) is 3.47. The Hall–Kier alpha value is -2.11. The summed E-state index contributed by atoms with van der Waals surface area (Å²) in [5.41, 5.74) is 2.30. The smallest absolute Gasteiger partial charge is 0.121 e. The van der Waals surface area contributed by atoms with Gasteiger partial charge in [-0.3, -0.25) is 5.32 Å². The van der Waals surface area contributed by atoms with Crippen molar-refractivity contribution in [1.82, 2.24) is 5.32 Å². The first-order chi connectivity index (χ1) is 9.29. The van der Waals surface area contributed by atoms with Crippen molar-refractivity contribution in [2.24, 2.45) is 0 Å². The molecule has 96 valence electrons. The summed E-state index contributed by atoms with van der Waals surface area (Å²) >= 11 is 0. The summed E-state index contributed by atoms with van der Waals surface area (Å²) < 4.78 is 0. The van der Waals surface area contributed by atoms with Gasteiger partial charge in [-0.25, -0.2) is 0 Å². The second kappa shape index (κ2) is 6.72. The molecule has 0 aliphatic heterocycles. The average Bonchev–Trinajstić information content (AvgIpc) is 2.47. The summed E-state index contributed by atoms with van der Waals surface area (Å²) in [6, 6.07) is 22.5. The van der Waals surface area contributed by atoms with Crippen molar-refractivity contribution in [3.8, 4) is 6.07 Å². The van der Waals surface area contributed by atoms with Crippen molar-refractivity contribution in [1.29, 1.82) is 5.26 Å². The molecule has 0 bridgehead atoms. The maximum atomic E-state index is 9.28. The molecular weight excluding hydrogens is 232 g/mol. The molecule has 0 radical (unpaired) electrons. The predicted molar refractivity (Wildman–Crippen MR) is 77.5 cm³/mol. The van der Waals surface area contributed by atoms with Gasteiger partial charge < -0.3 is 0 Å². The van der Waals surface area contributed by atoms with Crippen LogP contribution in [0.4, 0.5) is 0 Å². The Morgan fingerprint density at radius 1 is 1.00 bits per heavy atom. The van der Waals surface area contributed by atoms with Crippen LogP contribution in [0.5, 0.6) is 0 Å². The van der Waals surface area contributed by atoms with Crippen LogP contribution >= 0.6 is 0 Å². The molecule has 0 aliphatic carbocycles. The second-order valence-corrected chi connectivity index (χ2v) is 4.73. The monoisotopic (exact) mass is 250 g/mol. The molecule has 19 heavy (non-hydrogen) atoms. The van der Waals surface area contributed by atoms with E-state index in [-0.39, 0.29) is 12.1 Å². The van der Waals surface area contributed by atoms with Gasteiger partial charge in [0.2, 0.25) is 0 Å². The van der Waals surface area contributed by atoms with E-state index >= 15 is 0 Å². The van der Waals surface area contributed by atoms with Gasteiger partial charge in [-0.2, -0.15) is 5.26 Å². The van der Waals surface area contributed by atoms with Crippen LogP contribution in [0.1, 0.15) is 24.1 Å². The largest absolute Gasteiger partial charge is 0.295 e. The number of hydrogen-bond donors (Lipinski definition) is 1. The first-order valence-corrected chi connectivity index (χ1v) is 6.54. The van der Waals surface area contributed by atoms with Crippen molar-refractivity contribution in [2.75, 3.05) is 0 Å². The maximum Gasteiger partial charge on any atom is 0.121 e. The molecule has 0 aromatic heterocycles. The first-order valence-electron chi connectivity index (χ1n) is 6.54. The average molecular weight is 250 g/mol. The molecule has 1 N–H and O–H groups in total. The van der Waals surface area contributed by atoms with Crippen molar-refractivity contribution < 1.29 is 0 Å². The van der Waals surface area contributed by atoms with Gasteiger partial charge in [0, 0.05) is 6.04 Å². The SMILES string of the molecule is C[C@@H](Cc1ccccc1)N[C@H](C#N)c1ccccc1. The van der Waals surface area contributed by atoms with Crippen LogP contribution in [-0.4, -0.2) is 6.04 Å². The Bertz CT molecular complexity index is 528. The van der Waals surface area contributed by atoms with E-state index in [1.165, 1.54) is 5.56 Å². The molecule has 0 saturated heterocycles. The zero-order valence-corrected chi connectivity index (χ0v) is 11.1. The second-order valence-electron chi connectivity index (χ2n) is 4.73. The third kappa shape index (κ3) is 3.94. The molecule has 2 heteroatoms. The molecule has 2 nitrogen and oxygen atoms in total. The van der Waals surface area contributed by atoms with Gasteiger partial charge in [-0.1, -0.05) is 60.7 Å². The van der Waals surface area contributed by atoms with Gasteiger partial charge in [0.25, 0.3) is 0 Å². The molecule has 2 atom stereocenters. The lowest BCUT2D eigenvalue weighted by Crippen LogP contribution is -2.31. The lowest BCUT2D eigenvalue weighted by atomic mass is 10.0. The van der Waals surface area contributed by atoms with E-state index < -0.39 is 0 Å². The first kappa shape index (κ1) is 13.3. The molecule has 0 spiro atoms. The summed E-state index contributed by atoms with van der Waals surface area (Å²) in [7, 11) is 0.